The highest BCUT2D eigenvalue weighted by molar-refractivity contribution is 7.91. The summed E-state index contributed by atoms with van der Waals surface area (Å²) in [7, 11) is -1.07. The van der Waals surface area contributed by atoms with Gasteiger partial charge in [0.05, 0.1) is 18.0 Å². The Bertz CT molecular complexity index is 411. The molecule has 5 nitrogen and oxygen atoms in total. The highest BCUT2D eigenvalue weighted by atomic mass is 32.2. The van der Waals surface area contributed by atoms with Gasteiger partial charge < -0.3 is 5.32 Å². The second kappa shape index (κ2) is 6.00. The first-order chi connectivity index (χ1) is 7.59. The summed E-state index contributed by atoms with van der Waals surface area (Å²) in [5.74, 6) is 0.425. The molecule has 0 aliphatic carbocycles. The van der Waals surface area contributed by atoms with E-state index >= 15 is 0 Å². The van der Waals surface area contributed by atoms with Crippen molar-refractivity contribution >= 4 is 9.84 Å². The predicted molar refractivity (Wildman–Crippen MR) is 63.9 cm³/mol. The van der Waals surface area contributed by atoms with E-state index in [9.17, 15) is 8.42 Å². The lowest BCUT2D eigenvalue weighted by Crippen LogP contribution is -2.19. The summed E-state index contributed by atoms with van der Waals surface area (Å²) in [6.07, 6.45) is 2.37. The molecule has 92 valence electrons. The zero-order valence-corrected chi connectivity index (χ0v) is 10.6. The van der Waals surface area contributed by atoms with Crippen molar-refractivity contribution in [3.8, 4) is 0 Å². The molecule has 0 radical (unpaired) electrons. The van der Waals surface area contributed by atoms with Crippen molar-refractivity contribution in [2.75, 3.05) is 18.6 Å². The largest absolute Gasteiger partial charge is 0.314 e. The molecule has 0 saturated heterocycles. The summed E-state index contributed by atoms with van der Waals surface area (Å²) in [5.41, 5.74) is 1.01. The lowest BCUT2D eigenvalue weighted by atomic mass is 10.4. The molecule has 1 rings (SSSR count). The Balaban J connectivity index is 2.57. The van der Waals surface area contributed by atoms with Gasteiger partial charge in [-0.25, -0.2) is 8.42 Å². The monoisotopic (exact) mass is 245 g/mol. The van der Waals surface area contributed by atoms with Crippen LogP contribution in [0.3, 0.4) is 0 Å². The number of rotatable bonds is 7. The van der Waals surface area contributed by atoms with Crippen LogP contribution in [-0.4, -0.2) is 36.8 Å². The summed E-state index contributed by atoms with van der Waals surface area (Å²) in [4.78, 5) is 0. The number of hydrogen-bond acceptors (Lipinski definition) is 4. The number of aromatic nitrogens is 2. The number of aryl methyl sites for hydroxylation is 1. The Labute approximate surface area is 96.8 Å². The normalized spacial score (nSPS) is 11.9. The summed E-state index contributed by atoms with van der Waals surface area (Å²) >= 11 is 0. The van der Waals surface area contributed by atoms with Crippen LogP contribution >= 0.6 is 0 Å². The van der Waals surface area contributed by atoms with Crippen LogP contribution in [-0.2, 0) is 22.9 Å². The van der Waals surface area contributed by atoms with E-state index in [2.05, 4.69) is 10.4 Å². The number of sulfone groups is 1. The maximum atomic E-state index is 11.5. The Kier molecular flexibility index (Phi) is 4.95. The lowest BCUT2D eigenvalue weighted by molar-refractivity contribution is 0.567. The zero-order chi connectivity index (χ0) is 12.0. The molecule has 6 heteroatoms. The van der Waals surface area contributed by atoms with Gasteiger partial charge in [0.2, 0.25) is 0 Å². The number of hydrogen-bond donors (Lipinski definition) is 1. The maximum absolute atomic E-state index is 11.5. The average Bonchev–Trinajstić information content (AvgIpc) is 2.63. The van der Waals surface area contributed by atoms with E-state index < -0.39 is 9.84 Å². The maximum Gasteiger partial charge on any atom is 0.152 e. The average molecular weight is 245 g/mol. The summed E-state index contributed by atoms with van der Waals surface area (Å²) in [6, 6.07) is 1.89. The van der Waals surface area contributed by atoms with Crippen LogP contribution in [0.4, 0.5) is 0 Å². The standard InChI is InChI=1S/C10H19N3O2S/c1-3-7-16(14,15)8-6-13-10(9-11-2)4-5-12-13/h4-5,11H,3,6-9H2,1-2H3. The second-order valence-electron chi connectivity index (χ2n) is 3.73. The van der Waals surface area contributed by atoms with Gasteiger partial charge in [-0.3, -0.25) is 4.68 Å². The van der Waals surface area contributed by atoms with Crippen molar-refractivity contribution < 1.29 is 8.42 Å². The third-order valence-corrected chi connectivity index (χ3v) is 4.13. The Hall–Kier alpha value is -0.880. The lowest BCUT2D eigenvalue weighted by Gasteiger charge is -2.07. The fraction of sp³-hybridized carbons (Fsp3) is 0.700. The van der Waals surface area contributed by atoms with Crippen molar-refractivity contribution in [3.63, 3.8) is 0 Å². The second-order valence-corrected chi connectivity index (χ2v) is 6.03. The molecule has 1 aromatic heterocycles. The minimum Gasteiger partial charge on any atom is -0.314 e. The van der Waals surface area contributed by atoms with Gasteiger partial charge in [0, 0.05) is 18.5 Å². The van der Waals surface area contributed by atoms with E-state index in [4.69, 9.17) is 0 Å². The fourth-order valence-electron chi connectivity index (χ4n) is 1.53. The van der Waals surface area contributed by atoms with Crippen molar-refractivity contribution in [1.82, 2.24) is 15.1 Å². The first kappa shape index (κ1) is 13.2. The molecule has 0 amide bonds. The highest BCUT2D eigenvalue weighted by Crippen LogP contribution is 2.01. The molecule has 1 aromatic rings. The SMILES string of the molecule is CCCS(=O)(=O)CCn1nccc1CNC. The molecule has 0 spiro atoms. The van der Waals surface area contributed by atoms with Gasteiger partial charge in [-0.2, -0.15) is 5.10 Å². The van der Waals surface area contributed by atoms with Crippen LogP contribution in [0, 0.1) is 0 Å². The van der Waals surface area contributed by atoms with Crippen LogP contribution in [0.15, 0.2) is 12.3 Å². The van der Waals surface area contributed by atoms with E-state index in [0.29, 0.717) is 19.5 Å². The Morgan fingerprint density at radius 1 is 1.44 bits per heavy atom. The molecule has 0 unspecified atom stereocenters. The quantitative estimate of drug-likeness (QED) is 0.756. The molecule has 16 heavy (non-hydrogen) atoms. The van der Waals surface area contributed by atoms with Gasteiger partial charge in [0.25, 0.3) is 0 Å². The van der Waals surface area contributed by atoms with E-state index in [0.717, 1.165) is 5.69 Å². The van der Waals surface area contributed by atoms with E-state index in [1.807, 2.05) is 20.0 Å². The topological polar surface area (TPSA) is 64.0 Å². The minimum atomic E-state index is -2.92. The molecular formula is C10H19N3O2S. The first-order valence-electron chi connectivity index (χ1n) is 5.44. The van der Waals surface area contributed by atoms with E-state index in [1.54, 1.807) is 10.9 Å². The van der Waals surface area contributed by atoms with E-state index in [-0.39, 0.29) is 11.5 Å². The summed E-state index contributed by atoms with van der Waals surface area (Å²) in [5, 5.41) is 7.13. The Morgan fingerprint density at radius 3 is 2.81 bits per heavy atom. The first-order valence-corrected chi connectivity index (χ1v) is 7.27. The van der Waals surface area contributed by atoms with Crippen molar-refractivity contribution in [2.45, 2.75) is 26.4 Å². The predicted octanol–water partition coefficient (Wildman–Crippen LogP) is 0.427. The minimum absolute atomic E-state index is 0.166. The van der Waals surface area contributed by atoms with Crippen molar-refractivity contribution in [2.24, 2.45) is 0 Å². The third kappa shape index (κ3) is 3.94. The smallest absolute Gasteiger partial charge is 0.152 e. The summed E-state index contributed by atoms with van der Waals surface area (Å²) < 4.78 is 24.8. The fourth-order valence-corrected chi connectivity index (χ4v) is 2.81. The van der Waals surface area contributed by atoms with Gasteiger partial charge in [0.15, 0.2) is 9.84 Å². The molecule has 0 aliphatic heterocycles. The van der Waals surface area contributed by atoms with Gasteiger partial charge in [-0.1, -0.05) is 6.92 Å². The van der Waals surface area contributed by atoms with Crippen LogP contribution < -0.4 is 5.32 Å². The molecule has 0 aromatic carbocycles. The molecule has 0 aliphatic rings. The molecule has 1 heterocycles. The molecule has 0 bridgehead atoms. The van der Waals surface area contributed by atoms with E-state index in [1.165, 1.54) is 0 Å². The van der Waals surface area contributed by atoms with Gasteiger partial charge in [-0.05, 0) is 19.5 Å². The molecule has 0 saturated carbocycles. The molecular weight excluding hydrogens is 226 g/mol. The molecule has 0 fully saturated rings. The zero-order valence-electron chi connectivity index (χ0n) is 9.81. The summed E-state index contributed by atoms with van der Waals surface area (Å²) in [6.45, 7) is 3.01. The molecule has 1 N–H and O–H groups in total. The van der Waals surface area contributed by atoms with Gasteiger partial charge >= 0.3 is 0 Å². The van der Waals surface area contributed by atoms with Crippen LogP contribution in [0.5, 0.6) is 0 Å². The number of nitrogens with one attached hydrogen (secondary N) is 1. The van der Waals surface area contributed by atoms with Crippen molar-refractivity contribution in [3.05, 3.63) is 18.0 Å². The van der Waals surface area contributed by atoms with Crippen LogP contribution in [0.2, 0.25) is 0 Å². The van der Waals surface area contributed by atoms with Gasteiger partial charge in [0.1, 0.15) is 0 Å². The number of nitrogens with zero attached hydrogens (tertiary/aromatic N) is 2. The third-order valence-electron chi connectivity index (χ3n) is 2.29. The molecule has 0 atom stereocenters. The van der Waals surface area contributed by atoms with Crippen molar-refractivity contribution in [1.29, 1.82) is 0 Å². The Morgan fingerprint density at radius 2 is 2.19 bits per heavy atom. The van der Waals surface area contributed by atoms with Crippen LogP contribution in [0.1, 0.15) is 19.0 Å². The van der Waals surface area contributed by atoms with Gasteiger partial charge in [-0.15, -0.1) is 0 Å². The van der Waals surface area contributed by atoms with Crippen LogP contribution in [0.25, 0.3) is 0 Å². The highest BCUT2D eigenvalue weighted by Gasteiger charge is 2.10.